The Morgan fingerprint density at radius 1 is 1.42 bits per heavy atom. The summed E-state index contributed by atoms with van der Waals surface area (Å²) in [4.78, 5) is 24.5. The summed E-state index contributed by atoms with van der Waals surface area (Å²) in [7, 11) is 0. The molecule has 2 rings (SSSR count). The molecule has 1 atom stereocenters. The standard InChI is InChI=1S/C14H17NO4/c1-9(2)15(8-13(16)17)14(18)12-7-10-5-3-4-6-11(10)19-12/h3-6,9,12H,7-8H2,1-2H3,(H,16,17). The zero-order chi connectivity index (χ0) is 14.0. The summed E-state index contributed by atoms with van der Waals surface area (Å²) in [5.74, 6) is -0.578. The molecule has 0 fully saturated rings. The summed E-state index contributed by atoms with van der Waals surface area (Å²) in [5.41, 5.74) is 0.986. The molecule has 5 nitrogen and oxygen atoms in total. The normalized spacial score (nSPS) is 16.9. The molecule has 1 unspecified atom stereocenters. The van der Waals surface area contributed by atoms with E-state index in [0.29, 0.717) is 12.2 Å². The Morgan fingerprint density at radius 3 is 2.68 bits per heavy atom. The molecule has 1 aliphatic heterocycles. The number of ether oxygens (including phenoxy) is 1. The number of benzene rings is 1. The second kappa shape index (κ2) is 5.30. The summed E-state index contributed by atoms with van der Waals surface area (Å²) in [6.45, 7) is 3.29. The molecule has 0 aliphatic carbocycles. The van der Waals surface area contributed by atoms with Gasteiger partial charge in [-0.3, -0.25) is 9.59 Å². The third kappa shape index (κ3) is 2.86. The summed E-state index contributed by atoms with van der Waals surface area (Å²) in [6.07, 6.45) is -0.114. The Kier molecular flexibility index (Phi) is 3.74. The number of carboxylic acids is 1. The molecule has 0 saturated carbocycles. The van der Waals surface area contributed by atoms with Gasteiger partial charge in [0.2, 0.25) is 0 Å². The second-order valence-corrected chi connectivity index (χ2v) is 4.87. The molecule has 0 bridgehead atoms. The first kappa shape index (κ1) is 13.4. The minimum atomic E-state index is -1.02. The van der Waals surface area contributed by atoms with Crippen LogP contribution in [0, 0.1) is 0 Å². The van der Waals surface area contributed by atoms with Crippen molar-refractivity contribution in [2.45, 2.75) is 32.4 Å². The van der Waals surface area contributed by atoms with Crippen molar-refractivity contribution in [3.05, 3.63) is 29.8 Å². The topological polar surface area (TPSA) is 66.8 Å². The maximum absolute atomic E-state index is 12.3. The van der Waals surface area contributed by atoms with E-state index in [-0.39, 0.29) is 18.5 Å². The fraction of sp³-hybridized carbons (Fsp3) is 0.429. The SMILES string of the molecule is CC(C)N(CC(=O)O)C(=O)C1Cc2ccccc2O1. The zero-order valence-corrected chi connectivity index (χ0v) is 11.0. The van der Waals surface area contributed by atoms with Gasteiger partial charge in [-0.15, -0.1) is 0 Å². The highest BCUT2D eigenvalue weighted by Gasteiger charge is 2.33. The van der Waals surface area contributed by atoms with Gasteiger partial charge in [0.05, 0.1) is 0 Å². The van der Waals surface area contributed by atoms with E-state index in [4.69, 9.17) is 9.84 Å². The molecule has 1 aromatic carbocycles. The van der Waals surface area contributed by atoms with Crippen LogP contribution in [0.3, 0.4) is 0 Å². The fourth-order valence-electron chi connectivity index (χ4n) is 2.17. The van der Waals surface area contributed by atoms with Gasteiger partial charge in [0.25, 0.3) is 5.91 Å². The van der Waals surface area contributed by atoms with Crippen LogP contribution < -0.4 is 4.74 Å². The van der Waals surface area contributed by atoms with Gasteiger partial charge in [-0.05, 0) is 25.5 Å². The van der Waals surface area contributed by atoms with E-state index in [1.807, 2.05) is 24.3 Å². The monoisotopic (exact) mass is 263 g/mol. The number of fused-ring (bicyclic) bond motifs is 1. The van der Waals surface area contributed by atoms with E-state index in [9.17, 15) is 9.59 Å². The lowest BCUT2D eigenvalue weighted by Gasteiger charge is -2.27. The van der Waals surface area contributed by atoms with Gasteiger partial charge in [-0.25, -0.2) is 0 Å². The number of hydrogen-bond donors (Lipinski definition) is 1. The molecule has 0 spiro atoms. The van der Waals surface area contributed by atoms with Crippen LogP contribution in [0.2, 0.25) is 0 Å². The maximum Gasteiger partial charge on any atom is 0.323 e. The van der Waals surface area contributed by atoms with Crippen LogP contribution in [0.15, 0.2) is 24.3 Å². The van der Waals surface area contributed by atoms with E-state index >= 15 is 0 Å². The summed E-state index contributed by atoms with van der Waals surface area (Å²) in [6, 6.07) is 7.31. The Balaban J connectivity index is 2.10. The minimum Gasteiger partial charge on any atom is -0.480 e. The lowest BCUT2D eigenvalue weighted by atomic mass is 10.1. The largest absolute Gasteiger partial charge is 0.480 e. The molecule has 19 heavy (non-hydrogen) atoms. The summed E-state index contributed by atoms with van der Waals surface area (Å²) in [5, 5.41) is 8.86. The highest BCUT2D eigenvalue weighted by atomic mass is 16.5. The third-order valence-electron chi connectivity index (χ3n) is 3.13. The Hall–Kier alpha value is -2.04. The Labute approximate surface area is 111 Å². The zero-order valence-electron chi connectivity index (χ0n) is 11.0. The number of rotatable bonds is 4. The van der Waals surface area contributed by atoms with Gasteiger partial charge in [-0.1, -0.05) is 18.2 Å². The molecule has 1 aliphatic rings. The fourth-order valence-corrected chi connectivity index (χ4v) is 2.17. The molecule has 102 valence electrons. The van der Waals surface area contributed by atoms with Gasteiger partial charge >= 0.3 is 5.97 Å². The summed E-state index contributed by atoms with van der Waals surface area (Å²) < 4.78 is 5.60. The first-order valence-electron chi connectivity index (χ1n) is 6.26. The van der Waals surface area contributed by atoms with Gasteiger partial charge in [0.15, 0.2) is 6.10 Å². The van der Waals surface area contributed by atoms with Crippen LogP contribution >= 0.6 is 0 Å². The number of carboxylic acid groups (broad SMARTS) is 1. The van der Waals surface area contributed by atoms with Crippen molar-refractivity contribution in [2.75, 3.05) is 6.54 Å². The van der Waals surface area contributed by atoms with Crippen molar-refractivity contribution < 1.29 is 19.4 Å². The number of carbonyl (C=O) groups excluding carboxylic acids is 1. The van der Waals surface area contributed by atoms with Gasteiger partial charge < -0.3 is 14.7 Å². The smallest absolute Gasteiger partial charge is 0.323 e. The average molecular weight is 263 g/mol. The van der Waals surface area contributed by atoms with E-state index in [2.05, 4.69) is 0 Å². The van der Waals surface area contributed by atoms with E-state index in [0.717, 1.165) is 5.56 Å². The predicted molar refractivity (Wildman–Crippen MR) is 69.0 cm³/mol. The van der Waals surface area contributed by atoms with Gasteiger partial charge in [0.1, 0.15) is 12.3 Å². The van der Waals surface area contributed by atoms with Gasteiger partial charge in [-0.2, -0.15) is 0 Å². The number of amides is 1. The van der Waals surface area contributed by atoms with Crippen LogP contribution in [0.25, 0.3) is 0 Å². The van der Waals surface area contributed by atoms with Crippen molar-refractivity contribution in [3.8, 4) is 5.75 Å². The number of nitrogens with zero attached hydrogens (tertiary/aromatic N) is 1. The van der Waals surface area contributed by atoms with Crippen molar-refractivity contribution in [1.29, 1.82) is 0 Å². The number of aliphatic carboxylic acids is 1. The molecule has 0 saturated heterocycles. The summed E-state index contributed by atoms with van der Waals surface area (Å²) >= 11 is 0. The van der Waals surface area contributed by atoms with Crippen molar-refractivity contribution in [2.24, 2.45) is 0 Å². The van der Waals surface area contributed by atoms with Crippen LogP contribution in [0.1, 0.15) is 19.4 Å². The average Bonchev–Trinajstić information content (AvgIpc) is 2.78. The quantitative estimate of drug-likeness (QED) is 0.889. The molecule has 0 radical (unpaired) electrons. The van der Waals surface area contributed by atoms with E-state index in [1.165, 1.54) is 4.90 Å². The third-order valence-corrected chi connectivity index (χ3v) is 3.13. The van der Waals surface area contributed by atoms with Crippen LogP contribution in [-0.4, -0.2) is 40.6 Å². The van der Waals surface area contributed by atoms with Crippen molar-refractivity contribution in [3.63, 3.8) is 0 Å². The number of hydrogen-bond acceptors (Lipinski definition) is 3. The molecule has 1 heterocycles. The molecular weight excluding hydrogens is 246 g/mol. The predicted octanol–water partition coefficient (Wildman–Crippen LogP) is 1.31. The van der Waals surface area contributed by atoms with Crippen LogP contribution in [-0.2, 0) is 16.0 Å². The first-order valence-corrected chi connectivity index (χ1v) is 6.26. The van der Waals surface area contributed by atoms with Crippen LogP contribution in [0.4, 0.5) is 0 Å². The number of carbonyl (C=O) groups is 2. The lowest BCUT2D eigenvalue weighted by molar-refractivity contribution is -0.149. The van der Waals surface area contributed by atoms with Crippen molar-refractivity contribution >= 4 is 11.9 Å². The van der Waals surface area contributed by atoms with E-state index in [1.54, 1.807) is 13.8 Å². The molecular formula is C14H17NO4. The molecule has 1 amide bonds. The number of para-hydroxylation sites is 1. The highest BCUT2D eigenvalue weighted by Crippen LogP contribution is 2.29. The lowest BCUT2D eigenvalue weighted by Crippen LogP contribution is -2.47. The van der Waals surface area contributed by atoms with Crippen LogP contribution in [0.5, 0.6) is 5.75 Å². The molecule has 1 N–H and O–H groups in total. The van der Waals surface area contributed by atoms with Gasteiger partial charge in [0, 0.05) is 12.5 Å². The van der Waals surface area contributed by atoms with E-state index < -0.39 is 12.1 Å². The van der Waals surface area contributed by atoms with Crippen molar-refractivity contribution in [1.82, 2.24) is 4.90 Å². The first-order chi connectivity index (χ1) is 8.99. The highest BCUT2D eigenvalue weighted by molar-refractivity contribution is 5.86. The molecule has 5 heteroatoms. The Bertz CT molecular complexity index is 473. The minimum absolute atomic E-state index is 0.170. The molecule has 1 aromatic rings. The molecule has 0 aromatic heterocycles. The maximum atomic E-state index is 12.3. The second-order valence-electron chi connectivity index (χ2n) is 4.87. The Morgan fingerprint density at radius 2 is 2.11 bits per heavy atom.